The van der Waals surface area contributed by atoms with E-state index in [0.717, 1.165) is 0 Å². The molecule has 0 aliphatic rings. The van der Waals surface area contributed by atoms with Gasteiger partial charge in [0, 0.05) is 12.1 Å². The summed E-state index contributed by atoms with van der Waals surface area (Å²) in [5, 5.41) is 9.46. The summed E-state index contributed by atoms with van der Waals surface area (Å²) in [5.74, 6) is -0.954. The van der Waals surface area contributed by atoms with Crippen molar-refractivity contribution in [3.63, 3.8) is 0 Å². The lowest BCUT2D eigenvalue weighted by Crippen LogP contribution is -2.20. The van der Waals surface area contributed by atoms with Gasteiger partial charge in [0.15, 0.2) is 0 Å². The Kier molecular flexibility index (Phi) is 3.75. The summed E-state index contributed by atoms with van der Waals surface area (Å²) < 4.78 is 1.40. The van der Waals surface area contributed by atoms with E-state index in [0.29, 0.717) is 22.9 Å². The van der Waals surface area contributed by atoms with Gasteiger partial charge in [-0.05, 0) is 18.6 Å². The molecule has 0 radical (unpaired) electrons. The third-order valence-corrected chi connectivity index (χ3v) is 2.92. The molecule has 0 saturated carbocycles. The molecule has 1 N–H and O–H groups in total. The molecule has 0 saturated heterocycles. The lowest BCUT2D eigenvalue weighted by atomic mass is 10.2. The third kappa shape index (κ3) is 2.70. The Balaban J connectivity index is 2.39. The summed E-state index contributed by atoms with van der Waals surface area (Å²) in [5.41, 5.74) is 0.768. The van der Waals surface area contributed by atoms with E-state index in [1.807, 2.05) is 6.07 Å². The van der Waals surface area contributed by atoms with Crippen molar-refractivity contribution in [1.29, 1.82) is 0 Å². The molecule has 2 aromatic rings. The van der Waals surface area contributed by atoms with Crippen molar-refractivity contribution in [2.24, 2.45) is 0 Å². The van der Waals surface area contributed by atoms with Crippen molar-refractivity contribution in [3.8, 4) is 0 Å². The van der Waals surface area contributed by atoms with Crippen molar-refractivity contribution in [1.82, 2.24) is 9.55 Å². The van der Waals surface area contributed by atoms with E-state index in [4.69, 9.17) is 5.11 Å². The second kappa shape index (κ2) is 5.48. The van der Waals surface area contributed by atoms with Gasteiger partial charge in [0.2, 0.25) is 0 Å². The zero-order valence-corrected chi connectivity index (χ0v) is 10.5. The minimum absolute atomic E-state index is 0.164. The fourth-order valence-corrected chi connectivity index (χ4v) is 1.83. The van der Waals surface area contributed by atoms with Crippen molar-refractivity contribution in [2.45, 2.75) is 19.9 Å². The minimum Gasteiger partial charge on any atom is -0.478 e. The largest absolute Gasteiger partial charge is 0.478 e. The standard InChI is InChI=1S/C14H14N2O3/c1-2-10(14(18)19)7-8-16-9-15-12-6-4-3-5-11(12)13(16)17/h3-7,9H,2,8H2,1H3,(H,18,19). The molecular weight excluding hydrogens is 244 g/mol. The summed E-state index contributed by atoms with van der Waals surface area (Å²) in [6.45, 7) is 1.98. The number of nitrogens with zero attached hydrogens (tertiary/aromatic N) is 2. The average molecular weight is 258 g/mol. The van der Waals surface area contributed by atoms with Gasteiger partial charge in [0.25, 0.3) is 5.56 Å². The summed E-state index contributed by atoms with van der Waals surface area (Å²) in [6.07, 6.45) is 3.40. The number of carboxylic acids is 1. The molecule has 5 heteroatoms. The fourth-order valence-electron chi connectivity index (χ4n) is 1.83. The van der Waals surface area contributed by atoms with Crippen LogP contribution in [0, 0.1) is 0 Å². The van der Waals surface area contributed by atoms with E-state index in [1.165, 1.54) is 10.9 Å². The third-order valence-electron chi connectivity index (χ3n) is 2.92. The predicted molar refractivity (Wildman–Crippen MR) is 72.0 cm³/mol. The number of aromatic nitrogens is 2. The molecule has 0 amide bonds. The molecule has 1 heterocycles. The van der Waals surface area contributed by atoms with Gasteiger partial charge >= 0.3 is 5.97 Å². The van der Waals surface area contributed by atoms with Gasteiger partial charge in [-0.3, -0.25) is 9.36 Å². The molecule has 5 nitrogen and oxygen atoms in total. The molecule has 98 valence electrons. The van der Waals surface area contributed by atoms with E-state index in [2.05, 4.69) is 4.98 Å². The summed E-state index contributed by atoms with van der Waals surface area (Å²) >= 11 is 0. The van der Waals surface area contributed by atoms with Gasteiger partial charge in [0.05, 0.1) is 17.2 Å². The maximum absolute atomic E-state index is 12.1. The van der Waals surface area contributed by atoms with Crippen LogP contribution in [0.15, 0.2) is 47.0 Å². The highest BCUT2D eigenvalue weighted by atomic mass is 16.4. The van der Waals surface area contributed by atoms with E-state index in [1.54, 1.807) is 31.2 Å². The van der Waals surface area contributed by atoms with Crippen molar-refractivity contribution in [2.75, 3.05) is 0 Å². The smallest absolute Gasteiger partial charge is 0.331 e. The first-order valence-corrected chi connectivity index (χ1v) is 6.00. The Morgan fingerprint density at radius 2 is 2.16 bits per heavy atom. The SMILES string of the molecule is CCC(=CCn1cnc2ccccc2c1=O)C(=O)O. The maximum Gasteiger partial charge on any atom is 0.331 e. The van der Waals surface area contributed by atoms with Gasteiger partial charge in [0.1, 0.15) is 0 Å². The number of para-hydroxylation sites is 1. The number of carbonyl (C=O) groups is 1. The summed E-state index contributed by atoms with van der Waals surface area (Å²) in [7, 11) is 0. The molecule has 0 spiro atoms. The van der Waals surface area contributed by atoms with Crippen molar-refractivity contribution >= 4 is 16.9 Å². The first-order chi connectivity index (χ1) is 9.13. The van der Waals surface area contributed by atoms with E-state index in [9.17, 15) is 9.59 Å². The summed E-state index contributed by atoms with van der Waals surface area (Å²) in [4.78, 5) is 27.2. The highest BCUT2D eigenvalue weighted by molar-refractivity contribution is 5.86. The van der Waals surface area contributed by atoms with Crippen LogP contribution in [-0.2, 0) is 11.3 Å². The lowest BCUT2D eigenvalue weighted by molar-refractivity contribution is -0.132. The maximum atomic E-state index is 12.1. The van der Waals surface area contributed by atoms with Gasteiger partial charge in [-0.2, -0.15) is 0 Å². The first kappa shape index (κ1) is 13.0. The number of hydrogen-bond donors (Lipinski definition) is 1. The topological polar surface area (TPSA) is 72.2 Å². The lowest BCUT2D eigenvalue weighted by Gasteiger charge is -2.04. The molecular formula is C14H14N2O3. The average Bonchev–Trinajstić information content (AvgIpc) is 2.41. The fraction of sp³-hybridized carbons (Fsp3) is 0.214. The van der Waals surface area contributed by atoms with Crippen LogP contribution < -0.4 is 5.56 Å². The molecule has 1 aromatic heterocycles. The van der Waals surface area contributed by atoms with Crippen LogP contribution in [0.5, 0.6) is 0 Å². The van der Waals surface area contributed by atoms with Gasteiger partial charge < -0.3 is 5.11 Å². The van der Waals surface area contributed by atoms with Crippen LogP contribution >= 0.6 is 0 Å². The van der Waals surface area contributed by atoms with Gasteiger partial charge in [-0.15, -0.1) is 0 Å². The molecule has 0 fully saturated rings. The number of benzene rings is 1. The quantitative estimate of drug-likeness (QED) is 0.849. The Hall–Kier alpha value is -2.43. The predicted octanol–water partition coefficient (Wildman–Crippen LogP) is 1.82. The molecule has 0 aliphatic carbocycles. The molecule has 0 bridgehead atoms. The van der Waals surface area contributed by atoms with Gasteiger partial charge in [-0.1, -0.05) is 25.1 Å². The second-order valence-corrected chi connectivity index (χ2v) is 4.11. The number of allylic oxidation sites excluding steroid dienone is 1. The monoisotopic (exact) mass is 258 g/mol. The van der Waals surface area contributed by atoms with Crippen LogP contribution in [-0.4, -0.2) is 20.6 Å². The second-order valence-electron chi connectivity index (χ2n) is 4.11. The van der Waals surface area contributed by atoms with Crippen molar-refractivity contribution in [3.05, 3.63) is 52.6 Å². The van der Waals surface area contributed by atoms with E-state index in [-0.39, 0.29) is 12.1 Å². The number of carboxylic acid groups (broad SMARTS) is 1. The van der Waals surface area contributed by atoms with E-state index < -0.39 is 5.97 Å². The van der Waals surface area contributed by atoms with Crippen LogP contribution in [0.3, 0.4) is 0 Å². The van der Waals surface area contributed by atoms with Crippen LogP contribution in [0.25, 0.3) is 10.9 Å². The number of aliphatic carboxylic acids is 1. The Morgan fingerprint density at radius 1 is 1.42 bits per heavy atom. The zero-order valence-electron chi connectivity index (χ0n) is 10.5. The number of fused-ring (bicyclic) bond motifs is 1. The minimum atomic E-state index is -0.954. The highest BCUT2D eigenvalue weighted by Crippen LogP contribution is 2.05. The first-order valence-electron chi connectivity index (χ1n) is 6.00. The summed E-state index contributed by atoms with van der Waals surface area (Å²) in [6, 6.07) is 7.08. The molecule has 2 rings (SSSR count). The molecule has 0 atom stereocenters. The van der Waals surface area contributed by atoms with Crippen LogP contribution in [0.1, 0.15) is 13.3 Å². The number of rotatable bonds is 4. The normalized spacial score (nSPS) is 11.7. The Labute approximate surface area is 109 Å². The Morgan fingerprint density at radius 3 is 2.84 bits per heavy atom. The zero-order chi connectivity index (χ0) is 13.8. The van der Waals surface area contributed by atoms with Crippen molar-refractivity contribution < 1.29 is 9.90 Å². The Bertz CT molecular complexity index is 701. The van der Waals surface area contributed by atoms with Gasteiger partial charge in [-0.25, -0.2) is 9.78 Å². The van der Waals surface area contributed by atoms with E-state index >= 15 is 0 Å². The molecule has 0 aliphatic heterocycles. The molecule has 1 aromatic carbocycles. The van der Waals surface area contributed by atoms with Crippen LogP contribution in [0.2, 0.25) is 0 Å². The molecule has 19 heavy (non-hydrogen) atoms. The molecule has 0 unspecified atom stereocenters. The van der Waals surface area contributed by atoms with Crippen LogP contribution in [0.4, 0.5) is 0 Å². The highest BCUT2D eigenvalue weighted by Gasteiger charge is 2.05. The number of hydrogen-bond acceptors (Lipinski definition) is 3.